The zero-order valence-electron chi connectivity index (χ0n) is 19.2. The van der Waals surface area contributed by atoms with Gasteiger partial charge < -0.3 is 10.0 Å². The van der Waals surface area contributed by atoms with Crippen LogP contribution in [-0.4, -0.2) is 37.1 Å². The molecule has 5 rings (SSSR count). The largest absolute Gasteiger partial charge is 0.508 e. The summed E-state index contributed by atoms with van der Waals surface area (Å²) in [6, 6.07) is 7.16. The Labute approximate surface area is 189 Å². The number of amides is 1. The molecule has 0 radical (unpaired) electrons. The predicted molar refractivity (Wildman–Crippen MR) is 124 cm³/mol. The van der Waals surface area contributed by atoms with Gasteiger partial charge in [-0.2, -0.15) is 5.10 Å². The van der Waals surface area contributed by atoms with Gasteiger partial charge in [0, 0.05) is 30.3 Å². The van der Waals surface area contributed by atoms with Gasteiger partial charge in [0.15, 0.2) is 5.65 Å². The lowest BCUT2D eigenvalue weighted by atomic mass is 9.97. The standard InChI is InChI=1S/C26H32N4O2/c1-16-7-9-19(12-16)25-18(3)15-30-24(27-25)14-21(28-30)22-6-4-5-11-29(22)26(32)20-10-8-17(2)23(31)13-20/h8,10,13-16,19,22,31H,4-7,9,11-12H2,1-3H3/t16-,19?,22-/m0/s1. The van der Waals surface area contributed by atoms with Crippen LogP contribution in [0.3, 0.4) is 0 Å². The van der Waals surface area contributed by atoms with Gasteiger partial charge in [-0.05, 0) is 75.1 Å². The van der Waals surface area contributed by atoms with Gasteiger partial charge in [-0.25, -0.2) is 9.50 Å². The van der Waals surface area contributed by atoms with Crippen molar-refractivity contribution in [3.8, 4) is 5.75 Å². The maximum atomic E-state index is 13.3. The molecule has 32 heavy (non-hydrogen) atoms. The number of phenols is 1. The van der Waals surface area contributed by atoms with Gasteiger partial charge in [-0.1, -0.05) is 19.4 Å². The van der Waals surface area contributed by atoms with Crippen LogP contribution in [0.5, 0.6) is 5.75 Å². The SMILES string of the molecule is Cc1ccc(C(=O)N2CCCC[C@H]2c2cc3nc(C4CC[C@H](C)C4)c(C)cn3n2)cc1O. The van der Waals surface area contributed by atoms with E-state index in [1.54, 1.807) is 18.2 Å². The fourth-order valence-corrected chi connectivity index (χ4v) is 5.46. The maximum Gasteiger partial charge on any atom is 0.254 e. The Balaban J connectivity index is 1.47. The first-order valence-corrected chi connectivity index (χ1v) is 11.9. The Morgan fingerprint density at radius 2 is 1.94 bits per heavy atom. The smallest absolute Gasteiger partial charge is 0.254 e. The number of hydrogen-bond acceptors (Lipinski definition) is 4. The number of carbonyl (C=O) groups is 1. The Hall–Kier alpha value is -2.89. The minimum absolute atomic E-state index is 0.0492. The number of phenolic OH excluding ortho intramolecular Hbond substituents is 1. The molecule has 1 unspecified atom stereocenters. The minimum Gasteiger partial charge on any atom is -0.508 e. The van der Waals surface area contributed by atoms with Crippen LogP contribution in [-0.2, 0) is 0 Å². The van der Waals surface area contributed by atoms with E-state index < -0.39 is 0 Å². The van der Waals surface area contributed by atoms with Crippen LogP contribution in [0.4, 0.5) is 0 Å². The second-order valence-corrected chi connectivity index (χ2v) is 9.81. The molecule has 0 bridgehead atoms. The van der Waals surface area contributed by atoms with Gasteiger partial charge in [0.2, 0.25) is 0 Å². The van der Waals surface area contributed by atoms with Crippen LogP contribution in [0.15, 0.2) is 30.5 Å². The Kier molecular flexibility index (Phi) is 5.39. The zero-order valence-corrected chi connectivity index (χ0v) is 19.2. The number of aromatic hydroxyl groups is 1. The van der Waals surface area contributed by atoms with Gasteiger partial charge in [-0.15, -0.1) is 0 Å². The molecule has 3 aromatic rings. The van der Waals surface area contributed by atoms with Gasteiger partial charge in [0.25, 0.3) is 5.91 Å². The normalized spacial score (nSPS) is 23.7. The van der Waals surface area contributed by atoms with E-state index in [0.717, 1.165) is 42.1 Å². The van der Waals surface area contributed by atoms with E-state index >= 15 is 0 Å². The summed E-state index contributed by atoms with van der Waals surface area (Å²) in [7, 11) is 0. The quantitative estimate of drug-likeness (QED) is 0.608. The monoisotopic (exact) mass is 432 g/mol. The van der Waals surface area contributed by atoms with Crippen LogP contribution in [0.25, 0.3) is 5.65 Å². The highest BCUT2D eigenvalue weighted by Crippen LogP contribution is 2.39. The van der Waals surface area contributed by atoms with Crippen LogP contribution in [0.1, 0.15) is 90.3 Å². The average Bonchev–Trinajstić information content (AvgIpc) is 3.40. The fourth-order valence-electron chi connectivity index (χ4n) is 5.46. The van der Waals surface area contributed by atoms with Gasteiger partial charge in [0.1, 0.15) is 5.75 Å². The lowest BCUT2D eigenvalue weighted by Crippen LogP contribution is -2.38. The Bertz CT molecular complexity index is 1170. The summed E-state index contributed by atoms with van der Waals surface area (Å²) >= 11 is 0. The summed E-state index contributed by atoms with van der Waals surface area (Å²) in [5.74, 6) is 1.41. The van der Waals surface area contributed by atoms with Crippen molar-refractivity contribution < 1.29 is 9.90 Å². The lowest BCUT2D eigenvalue weighted by molar-refractivity contribution is 0.0605. The van der Waals surface area contributed by atoms with Crippen LogP contribution < -0.4 is 0 Å². The third-order valence-electron chi connectivity index (χ3n) is 7.33. The summed E-state index contributed by atoms with van der Waals surface area (Å²) in [6.45, 7) is 6.99. The molecule has 1 amide bonds. The summed E-state index contributed by atoms with van der Waals surface area (Å²) in [6.07, 6.45) is 8.72. The minimum atomic E-state index is -0.0725. The molecule has 2 fully saturated rings. The van der Waals surface area contributed by atoms with Crippen molar-refractivity contribution in [3.63, 3.8) is 0 Å². The van der Waals surface area contributed by atoms with E-state index in [-0.39, 0.29) is 17.7 Å². The molecule has 1 aliphatic heterocycles. The molecule has 1 aromatic carbocycles. The molecular weight excluding hydrogens is 400 g/mol. The number of aryl methyl sites for hydroxylation is 2. The molecule has 1 saturated carbocycles. The molecule has 1 saturated heterocycles. The van der Waals surface area contributed by atoms with Crippen LogP contribution in [0.2, 0.25) is 0 Å². The lowest BCUT2D eigenvalue weighted by Gasteiger charge is -2.34. The van der Waals surface area contributed by atoms with Crippen molar-refractivity contribution in [3.05, 3.63) is 58.5 Å². The van der Waals surface area contributed by atoms with Crippen LogP contribution >= 0.6 is 0 Å². The summed E-state index contributed by atoms with van der Waals surface area (Å²) in [5.41, 5.74) is 5.46. The predicted octanol–water partition coefficient (Wildman–Crippen LogP) is 5.32. The first kappa shape index (κ1) is 21.0. The van der Waals surface area contributed by atoms with Crippen molar-refractivity contribution in [2.45, 2.75) is 71.3 Å². The van der Waals surface area contributed by atoms with E-state index in [2.05, 4.69) is 26.1 Å². The number of fused-ring (bicyclic) bond motifs is 1. The van der Waals surface area contributed by atoms with Crippen molar-refractivity contribution >= 4 is 11.6 Å². The number of benzene rings is 1. The van der Waals surface area contributed by atoms with Crippen molar-refractivity contribution in [2.75, 3.05) is 6.54 Å². The molecule has 2 aliphatic rings. The Morgan fingerprint density at radius 3 is 2.69 bits per heavy atom. The van der Waals surface area contributed by atoms with E-state index in [0.29, 0.717) is 18.0 Å². The number of aromatic nitrogens is 3. The molecule has 1 N–H and O–H groups in total. The highest BCUT2D eigenvalue weighted by molar-refractivity contribution is 5.95. The van der Waals surface area contributed by atoms with E-state index in [1.165, 1.54) is 30.5 Å². The number of nitrogens with zero attached hydrogens (tertiary/aromatic N) is 4. The second-order valence-electron chi connectivity index (χ2n) is 9.81. The van der Waals surface area contributed by atoms with Crippen molar-refractivity contribution in [1.29, 1.82) is 0 Å². The number of likely N-dealkylation sites (tertiary alicyclic amines) is 1. The molecule has 3 atom stereocenters. The molecular formula is C26H32N4O2. The Morgan fingerprint density at radius 1 is 1.09 bits per heavy atom. The van der Waals surface area contributed by atoms with E-state index in [9.17, 15) is 9.90 Å². The second kappa shape index (κ2) is 8.23. The topological polar surface area (TPSA) is 70.7 Å². The van der Waals surface area contributed by atoms with Gasteiger partial charge >= 0.3 is 0 Å². The number of rotatable bonds is 3. The molecule has 0 spiro atoms. The molecule has 2 aromatic heterocycles. The third-order valence-corrected chi connectivity index (χ3v) is 7.33. The van der Waals surface area contributed by atoms with Crippen molar-refractivity contribution in [1.82, 2.24) is 19.5 Å². The zero-order chi connectivity index (χ0) is 22.4. The highest BCUT2D eigenvalue weighted by atomic mass is 16.3. The molecule has 1 aliphatic carbocycles. The molecule has 6 heteroatoms. The van der Waals surface area contributed by atoms with E-state index in [1.807, 2.05) is 16.3 Å². The number of piperidine rings is 1. The van der Waals surface area contributed by atoms with E-state index in [4.69, 9.17) is 10.1 Å². The average molecular weight is 433 g/mol. The van der Waals surface area contributed by atoms with Crippen LogP contribution in [0, 0.1) is 19.8 Å². The molecule has 168 valence electrons. The number of carbonyl (C=O) groups excluding carboxylic acids is 1. The summed E-state index contributed by atoms with van der Waals surface area (Å²) in [4.78, 5) is 20.3. The fraction of sp³-hybridized carbons (Fsp3) is 0.500. The first-order valence-electron chi connectivity index (χ1n) is 11.9. The van der Waals surface area contributed by atoms with Gasteiger partial charge in [-0.3, -0.25) is 4.79 Å². The highest BCUT2D eigenvalue weighted by Gasteiger charge is 2.31. The third kappa shape index (κ3) is 3.76. The van der Waals surface area contributed by atoms with Crippen molar-refractivity contribution in [2.24, 2.45) is 5.92 Å². The summed E-state index contributed by atoms with van der Waals surface area (Å²) in [5, 5.41) is 14.9. The molecule has 6 nitrogen and oxygen atoms in total. The first-order chi connectivity index (χ1) is 15.4. The number of hydrogen-bond donors (Lipinski definition) is 1. The maximum absolute atomic E-state index is 13.3. The molecule has 3 heterocycles. The van der Waals surface area contributed by atoms with Gasteiger partial charge in [0.05, 0.1) is 17.4 Å². The summed E-state index contributed by atoms with van der Waals surface area (Å²) < 4.78 is 1.88.